The minimum absolute atomic E-state index is 0.00522. The number of hydrogen-bond acceptors (Lipinski definition) is 17. The van der Waals surface area contributed by atoms with E-state index < -0.39 is 123 Å². The number of ketones is 2. The molecular formula is C88H113ClN8O16S. The lowest BCUT2D eigenvalue weighted by Gasteiger charge is -2.37. The van der Waals surface area contributed by atoms with Crippen molar-refractivity contribution in [2.45, 2.75) is 218 Å². The molecule has 114 heavy (non-hydrogen) atoms. The Balaban J connectivity index is 1.08. The van der Waals surface area contributed by atoms with Gasteiger partial charge in [-0.1, -0.05) is 158 Å². The maximum Gasteiger partial charge on any atom is 0.408 e. The molecule has 614 valence electrons. The topological polar surface area (TPSA) is 337 Å². The number of aliphatic imine (C=N–C) groups is 1. The lowest BCUT2D eigenvalue weighted by atomic mass is 9.79. The van der Waals surface area contributed by atoms with E-state index in [0.29, 0.717) is 65.7 Å². The molecule has 5 atom stereocenters. The van der Waals surface area contributed by atoms with Crippen molar-refractivity contribution in [2.75, 3.05) is 39.4 Å². The number of carbonyl (C=O) groups is 8. The monoisotopic (exact) mass is 1600 g/mol. The van der Waals surface area contributed by atoms with Gasteiger partial charge < -0.3 is 60.7 Å². The van der Waals surface area contributed by atoms with Crippen molar-refractivity contribution in [1.82, 2.24) is 31.3 Å². The minimum Gasteiger partial charge on any atom is -0.487 e. The van der Waals surface area contributed by atoms with E-state index in [9.17, 15) is 32.4 Å². The standard InChI is InChI=1S/C88H113ClN8O16S/c1-14-51-108-84(105)96-73(42-26-28-47-92-81(102)109-55-69-66-37-20-18-35-64(66)65-36-19-21-38-67(65)69)74(98)52-60(31-24-27-48-93-82(103)112-85(6,7)8)78(100)95-72(41-25-29-49-94-83(104)113-86(9,10)11)75(99)53-61(32-30-50-91-80(90)97-114(106,107)77-58(4)57(3)68-54-87(12,13)110-76(68)59(77)5)79(101)111-88(62-33-16-15-17-34-62,63-45-43-56(2)44-46-63)70-39-22-23-40-71(70)89/h14-23,33-40,43-46,60-61,69,72-73H,1,24-32,41-42,47-55H2,2-13H3,(H,92,102)(H,93,103)(H,94,104)(H,95,100)(H,96,105)(H3,90,91,97)/t60?,61-,72+,73+,88?/m1/s1. The van der Waals surface area contributed by atoms with Crippen molar-refractivity contribution in [2.24, 2.45) is 22.6 Å². The molecular weight excluding hydrogens is 1490 g/mol. The molecule has 1 aliphatic carbocycles. The second-order valence-electron chi connectivity index (χ2n) is 31.9. The van der Waals surface area contributed by atoms with Crippen LogP contribution < -0.4 is 41.8 Å². The van der Waals surface area contributed by atoms with Crippen LogP contribution in [0.1, 0.15) is 200 Å². The van der Waals surface area contributed by atoms with E-state index in [1.165, 1.54) is 6.08 Å². The van der Waals surface area contributed by atoms with Gasteiger partial charge in [0.25, 0.3) is 10.0 Å². The number of Topliss-reactive ketones (excluding diaryl/α,β-unsaturated/α-hetero) is 2. The zero-order chi connectivity index (χ0) is 83.1. The number of hydrogen-bond donors (Lipinski definition) is 7. The molecule has 0 fully saturated rings. The number of unbranched alkanes of at least 4 members (excludes halogenated alkanes) is 3. The number of halogens is 1. The summed E-state index contributed by atoms with van der Waals surface area (Å²) in [6, 6.07) is 36.9. The zero-order valence-electron chi connectivity index (χ0n) is 67.8. The normalized spacial score (nSPS) is 14.6. The summed E-state index contributed by atoms with van der Waals surface area (Å²) in [5.74, 6) is -5.27. The zero-order valence-corrected chi connectivity index (χ0v) is 69.4. The van der Waals surface area contributed by atoms with Gasteiger partial charge in [-0.2, -0.15) is 0 Å². The molecule has 8 N–H and O–H groups in total. The lowest BCUT2D eigenvalue weighted by Crippen LogP contribution is -2.47. The number of rotatable bonds is 39. The van der Waals surface area contributed by atoms with Gasteiger partial charge in [0.15, 0.2) is 17.2 Å². The average molecular weight is 1610 g/mol. The van der Waals surface area contributed by atoms with Crippen LogP contribution >= 0.6 is 11.6 Å². The third-order valence-corrected chi connectivity index (χ3v) is 22.0. The maximum absolute atomic E-state index is 15.9. The molecule has 26 heteroatoms. The molecule has 1 heterocycles. The quantitative estimate of drug-likeness (QED) is 0.00358. The molecule has 2 aliphatic rings. The smallest absolute Gasteiger partial charge is 0.408 e. The SMILES string of the molecule is C=CCOC(=O)N[C@@H](CCCCNC(=O)OCC1c2ccccc2-c2ccccc21)C(=O)CC(CCCCNC(=O)OC(C)(C)C)C(=O)N[C@@H](CCCCNC(=O)OC(C)(C)C)C(=O)C[C@@H](CCCN=C(N)NS(=O)(=O)c1c(C)c(C)c2c(c1C)OC(C)(C)C2)C(=O)OC(c1ccccc1)(c1ccc(C)cc1)c1ccccc1Cl. The number of nitrogens with two attached hydrogens (primary N) is 1. The highest BCUT2D eigenvalue weighted by Crippen LogP contribution is 2.47. The first-order valence-corrected chi connectivity index (χ1v) is 41.0. The summed E-state index contributed by atoms with van der Waals surface area (Å²) in [6.07, 6.45) is -0.130. The Morgan fingerprint density at radius 3 is 1.68 bits per heavy atom. The van der Waals surface area contributed by atoms with Crippen LogP contribution in [0.25, 0.3) is 11.1 Å². The lowest BCUT2D eigenvalue weighted by molar-refractivity contribution is -0.160. The van der Waals surface area contributed by atoms with Crippen molar-refractivity contribution in [1.29, 1.82) is 0 Å². The van der Waals surface area contributed by atoms with E-state index in [4.69, 9.17) is 45.8 Å². The van der Waals surface area contributed by atoms with Crippen LogP contribution in [0.2, 0.25) is 5.02 Å². The molecule has 0 aromatic heterocycles. The third-order valence-electron chi connectivity index (χ3n) is 20.0. The summed E-state index contributed by atoms with van der Waals surface area (Å²) in [5, 5.41) is 14.2. The number of guanidine groups is 1. The molecule has 0 radical (unpaired) electrons. The second-order valence-corrected chi connectivity index (χ2v) is 33.9. The predicted octanol–water partition coefficient (Wildman–Crippen LogP) is 15.2. The molecule has 8 rings (SSSR count). The van der Waals surface area contributed by atoms with Crippen molar-refractivity contribution in [3.63, 3.8) is 0 Å². The number of esters is 1. The molecule has 0 spiro atoms. The van der Waals surface area contributed by atoms with Gasteiger partial charge in [0, 0.05) is 90.1 Å². The maximum atomic E-state index is 15.9. The number of ether oxygens (including phenoxy) is 6. The van der Waals surface area contributed by atoms with Crippen molar-refractivity contribution >= 4 is 75.4 Å². The highest BCUT2D eigenvalue weighted by Gasteiger charge is 2.45. The number of benzene rings is 6. The summed E-state index contributed by atoms with van der Waals surface area (Å²) in [6.45, 7) is 25.3. The Labute approximate surface area is 676 Å². The van der Waals surface area contributed by atoms with Gasteiger partial charge in [-0.15, -0.1) is 0 Å². The van der Waals surface area contributed by atoms with Gasteiger partial charge in [-0.05, 0) is 187 Å². The third kappa shape index (κ3) is 25.1. The van der Waals surface area contributed by atoms with Gasteiger partial charge in [-0.25, -0.2) is 32.3 Å². The Hall–Kier alpha value is -10.3. The van der Waals surface area contributed by atoms with Crippen LogP contribution in [0.15, 0.2) is 150 Å². The number of nitrogens with one attached hydrogen (secondary N) is 6. The summed E-state index contributed by atoms with van der Waals surface area (Å²) in [7, 11) is -4.35. The fourth-order valence-electron chi connectivity index (χ4n) is 14.5. The second kappa shape index (κ2) is 40.6. The Bertz CT molecular complexity index is 4490. The van der Waals surface area contributed by atoms with Crippen LogP contribution in [-0.4, -0.2) is 130 Å². The average Bonchev–Trinajstić information content (AvgIpc) is 1.03. The van der Waals surface area contributed by atoms with E-state index in [1.54, 1.807) is 104 Å². The molecule has 6 aromatic carbocycles. The number of carbonyl (C=O) groups excluding carboxylic acids is 8. The van der Waals surface area contributed by atoms with Crippen LogP contribution in [0.4, 0.5) is 19.2 Å². The Morgan fingerprint density at radius 1 is 0.596 bits per heavy atom. The summed E-state index contributed by atoms with van der Waals surface area (Å²) in [4.78, 5) is 119. The molecule has 6 aromatic rings. The molecule has 24 nitrogen and oxygen atoms in total. The largest absolute Gasteiger partial charge is 0.487 e. The van der Waals surface area contributed by atoms with Crippen LogP contribution in [0.5, 0.6) is 5.75 Å². The highest BCUT2D eigenvalue weighted by molar-refractivity contribution is 7.90. The number of amides is 5. The van der Waals surface area contributed by atoms with E-state index in [2.05, 4.69) is 42.9 Å². The first kappa shape index (κ1) is 89.3. The van der Waals surface area contributed by atoms with Crippen LogP contribution in [0.3, 0.4) is 0 Å². The molecule has 5 amide bonds. The van der Waals surface area contributed by atoms with Crippen LogP contribution in [0, 0.1) is 39.5 Å². The molecule has 1 aliphatic heterocycles. The van der Waals surface area contributed by atoms with Gasteiger partial charge in [0.2, 0.25) is 11.9 Å². The summed E-state index contributed by atoms with van der Waals surface area (Å²) >= 11 is 7.17. The van der Waals surface area contributed by atoms with Gasteiger partial charge >= 0.3 is 30.3 Å². The molecule has 0 saturated heterocycles. The van der Waals surface area contributed by atoms with Crippen molar-refractivity contribution in [3.05, 3.63) is 201 Å². The predicted molar refractivity (Wildman–Crippen MR) is 440 cm³/mol. The van der Waals surface area contributed by atoms with Crippen molar-refractivity contribution in [3.8, 4) is 16.9 Å². The first-order chi connectivity index (χ1) is 54.0. The highest BCUT2D eigenvalue weighted by atomic mass is 35.5. The van der Waals surface area contributed by atoms with Gasteiger partial charge in [0.05, 0.1) is 22.9 Å². The van der Waals surface area contributed by atoms with E-state index in [1.807, 2.05) is 107 Å². The first-order valence-electron chi connectivity index (χ1n) is 39.2. The van der Waals surface area contributed by atoms with E-state index >= 15 is 14.4 Å². The molecule has 0 saturated carbocycles. The molecule has 2 unspecified atom stereocenters. The minimum atomic E-state index is -4.35. The van der Waals surface area contributed by atoms with Gasteiger partial charge in [0.1, 0.15) is 35.8 Å². The number of aryl methyl sites for hydroxylation is 1. The Morgan fingerprint density at radius 2 is 1.11 bits per heavy atom. The van der Waals surface area contributed by atoms with Crippen molar-refractivity contribution < 1.29 is 75.2 Å². The van der Waals surface area contributed by atoms with E-state index in [0.717, 1.165) is 38.9 Å². The fraction of sp³-hybridized carbons (Fsp3) is 0.466. The Kier molecular flexibility index (Phi) is 31.8. The number of nitrogens with zero attached hydrogens (tertiary/aromatic N) is 1. The van der Waals surface area contributed by atoms with Gasteiger partial charge in [-0.3, -0.25) is 24.2 Å². The number of sulfonamides is 1. The fourth-order valence-corrected chi connectivity index (χ4v) is 16.2. The number of alkyl carbamates (subject to hydrolysis) is 4. The summed E-state index contributed by atoms with van der Waals surface area (Å²) in [5.41, 5.74) is 11.9. The molecule has 0 bridgehead atoms. The van der Waals surface area contributed by atoms with E-state index in [-0.39, 0.29) is 100 Å². The van der Waals surface area contributed by atoms with Crippen LogP contribution in [-0.2, 0) is 64.9 Å². The number of fused-ring (bicyclic) bond motifs is 4. The summed E-state index contributed by atoms with van der Waals surface area (Å²) < 4.78 is 66.4.